The molecule has 3 aromatic rings. The summed E-state index contributed by atoms with van der Waals surface area (Å²) in [6.45, 7) is 5.35. The second-order valence-corrected chi connectivity index (χ2v) is 14.3. The molecule has 7 heteroatoms. The first kappa shape index (κ1) is 32.8. The number of phenolic OH excluding ortho intramolecular Hbond substituents is 1. The number of nitrogens with zero attached hydrogens (tertiary/aromatic N) is 2. The molecule has 4 atom stereocenters. The fraction of sp³-hybridized carbons (Fsp3) is 0.415. The Morgan fingerprint density at radius 3 is 2.40 bits per heavy atom. The van der Waals surface area contributed by atoms with Gasteiger partial charge in [0.2, 0.25) is 11.8 Å². The van der Waals surface area contributed by atoms with Crippen molar-refractivity contribution in [2.24, 2.45) is 17.8 Å². The number of allylic oxidation sites excluding steroid dienone is 2. The number of aromatic hydroxyl groups is 1. The SMILES string of the molecule is CCCC1=C2[C@@H](CC/C(=C/c3ccc(O)cc3Cl)c3ccccc3)OC[C@@H]2[C@@H]2C(=O)N(C3CCN(Cc4ccccc4)CC3)C(=O)[C@@H]2C1. The maximum atomic E-state index is 14.2. The number of halogens is 1. The summed E-state index contributed by atoms with van der Waals surface area (Å²) < 4.78 is 6.56. The molecule has 1 N–H and O–H groups in total. The van der Waals surface area contributed by atoms with Gasteiger partial charge in [-0.3, -0.25) is 19.4 Å². The van der Waals surface area contributed by atoms with Crippen LogP contribution in [-0.2, 0) is 20.9 Å². The molecule has 0 saturated carbocycles. The second-order valence-electron chi connectivity index (χ2n) is 13.9. The number of ether oxygens (including phenoxy) is 1. The third-order valence-corrected chi connectivity index (χ3v) is 11.2. The summed E-state index contributed by atoms with van der Waals surface area (Å²) in [7, 11) is 0. The minimum Gasteiger partial charge on any atom is -0.508 e. The molecule has 6 nitrogen and oxygen atoms in total. The summed E-state index contributed by atoms with van der Waals surface area (Å²) in [6, 6.07) is 25.8. The van der Waals surface area contributed by atoms with Gasteiger partial charge in [0.05, 0.1) is 29.6 Å². The monoisotopic (exact) mass is 664 g/mol. The van der Waals surface area contributed by atoms with E-state index in [-0.39, 0.29) is 47.5 Å². The van der Waals surface area contributed by atoms with Crippen molar-refractivity contribution < 1.29 is 19.4 Å². The number of piperidine rings is 1. The van der Waals surface area contributed by atoms with E-state index in [0.717, 1.165) is 74.9 Å². The average Bonchev–Trinajstić information content (AvgIpc) is 3.63. The molecule has 4 aliphatic rings. The Balaban J connectivity index is 1.08. The smallest absolute Gasteiger partial charge is 0.234 e. The van der Waals surface area contributed by atoms with E-state index in [2.05, 4.69) is 54.3 Å². The van der Waals surface area contributed by atoms with Crippen LogP contribution in [0.15, 0.2) is 90.0 Å². The number of carbonyl (C=O) groups excluding carboxylic acids is 2. The van der Waals surface area contributed by atoms with Crippen molar-refractivity contribution in [2.75, 3.05) is 19.7 Å². The van der Waals surface area contributed by atoms with Crippen LogP contribution in [0.1, 0.15) is 68.6 Å². The lowest BCUT2D eigenvalue weighted by molar-refractivity contribution is -0.144. The first-order valence-electron chi connectivity index (χ1n) is 17.6. The highest BCUT2D eigenvalue weighted by Crippen LogP contribution is 2.51. The zero-order chi connectivity index (χ0) is 33.2. The summed E-state index contributed by atoms with van der Waals surface area (Å²) >= 11 is 6.52. The summed E-state index contributed by atoms with van der Waals surface area (Å²) in [5.41, 5.74) is 7.02. The third-order valence-electron chi connectivity index (χ3n) is 10.9. The standard InChI is InChI=1S/C41H45ClN2O4/c1-2-9-31-23-34-39(41(47)44(40(34)46)32-18-20-43(21-19-32)25-27-10-5-3-6-11-27)35-26-48-37(38(31)35)17-15-29(28-12-7-4-8-13-28)22-30-14-16-33(45)24-36(30)42/h3-8,10-14,16,22,24,32,34-35,37,39,45H,2,9,15,17-21,23,25-26H2,1H3/b29-22-/t34-,35+,37-,39-/m1/s1. The molecule has 7 rings (SSSR count). The normalized spacial score (nSPS) is 25.1. The largest absolute Gasteiger partial charge is 0.508 e. The van der Waals surface area contributed by atoms with E-state index < -0.39 is 0 Å². The van der Waals surface area contributed by atoms with Gasteiger partial charge in [0.15, 0.2) is 0 Å². The summed E-state index contributed by atoms with van der Waals surface area (Å²) in [5, 5.41) is 10.4. The number of hydrogen-bond donors (Lipinski definition) is 1. The molecule has 3 heterocycles. The van der Waals surface area contributed by atoms with Crippen LogP contribution < -0.4 is 0 Å². The molecule has 3 saturated heterocycles. The number of fused-ring (bicyclic) bond motifs is 3. The quantitative estimate of drug-likeness (QED) is 0.135. The van der Waals surface area contributed by atoms with Gasteiger partial charge in [0.25, 0.3) is 0 Å². The van der Waals surface area contributed by atoms with Crippen molar-refractivity contribution in [2.45, 2.75) is 70.6 Å². The van der Waals surface area contributed by atoms with Crippen molar-refractivity contribution in [1.29, 1.82) is 0 Å². The number of likely N-dealkylation sites (tertiary alicyclic amines) is 2. The van der Waals surface area contributed by atoms with Crippen LogP contribution in [0.2, 0.25) is 5.02 Å². The van der Waals surface area contributed by atoms with E-state index in [4.69, 9.17) is 16.3 Å². The van der Waals surface area contributed by atoms with E-state index >= 15 is 0 Å². The molecule has 0 bridgehead atoms. The van der Waals surface area contributed by atoms with E-state index in [0.29, 0.717) is 18.1 Å². The highest BCUT2D eigenvalue weighted by molar-refractivity contribution is 6.32. The predicted octanol–water partition coefficient (Wildman–Crippen LogP) is 8.15. The van der Waals surface area contributed by atoms with Gasteiger partial charge in [-0.15, -0.1) is 0 Å². The molecule has 2 amide bonds. The zero-order valence-electron chi connectivity index (χ0n) is 27.7. The minimum absolute atomic E-state index is 0.0240. The maximum absolute atomic E-state index is 14.2. The van der Waals surface area contributed by atoms with Gasteiger partial charge in [0.1, 0.15) is 5.75 Å². The van der Waals surface area contributed by atoms with Crippen molar-refractivity contribution >= 4 is 35.1 Å². The molecule has 0 unspecified atom stereocenters. The van der Waals surface area contributed by atoms with E-state index in [9.17, 15) is 14.7 Å². The Kier molecular flexibility index (Phi) is 9.85. The first-order valence-corrected chi connectivity index (χ1v) is 18.0. The average molecular weight is 665 g/mol. The number of benzene rings is 3. The molecule has 1 aliphatic carbocycles. The number of hydrogen-bond acceptors (Lipinski definition) is 5. The zero-order valence-corrected chi connectivity index (χ0v) is 28.4. The lowest BCUT2D eigenvalue weighted by Gasteiger charge is -2.36. The van der Waals surface area contributed by atoms with Crippen molar-refractivity contribution in [3.8, 4) is 5.75 Å². The molecular formula is C41H45ClN2O4. The van der Waals surface area contributed by atoms with Crippen molar-refractivity contribution in [3.05, 3.63) is 112 Å². The summed E-state index contributed by atoms with van der Waals surface area (Å²) in [4.78, 5) is 32.4. The Morgan fingerprint density at radius 2 is 1.69 bits per heavy atom. The van der Waals surface area contributed by atoms with Crippen LogP contribution in [0.3, 0.4) is 0 Å². The van der Waals surface area contributed by atoms with Gasteiger partial charge in [-0.2, -0.15) is 0 Å². The van der Waals surface area contributed by atoms with Gasteiger partial charge >= 0.3 is 0 Å². The second kappa shape index (κ2) is 14.4. The number of rotatable bonds is 10. The van der Waals surface area contributed by atoms with Gasteiger partial charge in [-0.25, -0.2) is 0 Å². The predicted molar refractivity (Wildman–Crippen MR) is 190 cm³/mol. The lowest BCUT2D eigenvalue weighted by atomic mass is 9.68. The topological polar surface area (TPSA) is 70.1 Å². The van der Waals surface area contributed by atoms with Crippen LogP contribution >= 0.6 is 11.6 Å². The van der Waals surface area contributed by atoms with Gasteiger partial charge in [-0.1, -0.05) is 91.2 Å². The van der Waals surface area contributed by atoms with Gasteiger partial charge < -0.3 is 9.84 Å². The van der Waals surface area contributed by atoms with E-state index in [1.54, 1.807) is 17.0 Å². The Morgan fingerprint density at radius 1 is 0.958 bits per heavy atom. The van der Waals surface area contributed by atoms with Gasteiger partial charge in [0, 0.05) is 31.6 Å². The van der Waals surface area contributed by atoms with Crippen LogP contribution in [0, 0.1) is 17.8 Å². The Labute approximate surface area is 289 Å². The van der Waals surface area contributed by atoms with E-state index in [1.165, 1.54) is 16.7 Å². The molecule has 0 radical (unpaired) electrons. The lowest BCUT2D eigenvalue weighted by Crippen LogP contribution is -2.47. The van der Waals surface area contributed by atoms with Crippen LogP contribution in [0.25, 0.3) is 11.6 Å². The Bertz CT molecular complexity index is 1700. The fourth-order valence-electron chi connectivity index (χ4n) is 8.63. The highest BCUT2D eigenvalue weighted by Gasteiger charge is 2.58. The summed E-state index contributed by atoms with van der Waals surface area (Å²) in [5.74, 6) is -0.412. The van der Waals surface area contributed by atoms with Gasteiger partial charge in [-0.05, 0) is 90.6 Å². The Hall–Kier alpha value is -3.71. The minimum atomic E-state index is -0.319. The molecule has 3 aromatic carbocycles. The van der Waals surface area contributed by atoms with Crippen LogP contribution in [-0.4, -0.2) is 58.6 Å². The number of imide groups is 1. The first-order chi connectivity index (χ1) is 23.4. The molecular weight excluding hydrogens is 620 g/mol. The molecule has 0 aromatic heterocycles. The number of amides is 2. The maximum Gasteiger partial charge on any atom is 0.234 e. The van der Waals surface area contributed by atoms with Crippen molar-refractivity contribution in [3.63, 3.8) is 0 Å². The summed E-state index contributed by atoms with van der Waals surface area (Å²) in [6.07, 6.45) is 7.80. The van der Waals surface area contributed by atoms with Crippen LogP contribution in [0.5, 0.6) is 5.75 Å². The molecule has 48 heavy (non-hydrogen) atoms. The van der Waals surface area contributed by atoms with Crippen molar-refractivity contribution in [1.82, 2.24) is 9.80 Å². The third kappa shape index (κ3) is 6.63. The fourth-order valence-corrected chi connectivity index (χ4v) is 8.86. The molecule has 3 aliphatic heterocycles. The van der Waals surface area contributed by atoms with Crippen LogP contribution in [0.4, 0.5) is 0 Å². The number of carbonyl (C=O) groups is 2. The number of phenols is 1. The molecule has 3 fully saturated rings. The van der Waals surface area contributed by atoms with E-state index in [1.807, 2.05) is 30.3 Å². The molecule has 0 spiro atoms. The molecule has 250 valence electrons. The highest BCUT2D eigenvalue weighted by atomic mass is 35.5.